The number of hydrogen-bond acceptors (Lipinski definition) is 5. The third-order valence-corrected chi connectivity index (χ3v) is 4.65. The summed E-state index contributed by atoms with van der Waals surface area (Å²) in [5, 5.41) is 3.79. The van der Waals surface area contributed by atoms with E-state index in [2.05, 4.69) is 10.2 Å². The molecule has 2 heterocycles. The van der Waals surface area contributed by atoms with Crippen LogP contribution in [0.5, 0.6) is 5.75 Å². The molecule has 1 saturated heterocycles. The fourth-order valence-corrected chi connectivity index (χ4v) is 3.11. The Morgan fingerprint density at radius 1 is 1.27 bits per heavy atom. The van der Waals surface area contributed by atoms with E-state index in [9.17, 15) is 4.79 Å². The van der Waals surface area contributed by atoms with Crippen molar-refractivity contribution in [1.82, 2.24) is 10.2 Å². The van der Waals surface area contributed by atoms with Crippen LogP contribution >= 0.6 is 23.2 Å². The summed E-state index contributed by atoms with van der Waals surface area (Å²) in [6.45, 7) is 3.18. The van der Waals surface area contributed by atoms with Gasteiger partial charge < -0.3 is 19.2 Å². The summed E-state index contributed by atoms with van der Waals surface area (Å²) in [5.41, 5.74) is 0. The van der Waals surface area contributed by atoms with Gasteiger partial charge in [0.2, 0.25) is 0 Å². The molecule has 6 nitrogen and oxygen atoms in total. The predicted molar refractivity (Wildman–Crippen MR) is 98.8 cm³/mol. The Labute approximate surface area is 162 Å². The van der Waals surface area contributed by atoms with Crippen molar-refractivity contribution >= 4 is 29.1 Å². The topological polar surface area (TPSA) is 63.9 Å². The Morgan fingerprint density at radius 3 is 2.81 bits per heavy atom. The summed E-state index contributed by atoms with van der Waals surface area (Å²) >= 11 is 11.9. The number of nitrogens with zero attached hydrogens (tertiary/aromatic N) is 1. The summed E-state index contributed by atoms with van der Waals surface area (Å²) in [6.07, 6.45) is 1.63. The van der Waals surface area contributed by atoms with Crippen LogP contribution < -0.4 is 10.1 Å². The minimum absolute atomic E-state index is 0.0485. The van der Waals surface area contributed by atoms with Gasteiger partial charge in [-0.3, -0.25) is 9.69 Å². The predicted octanol–water partition coefficient (Wildman–Crippen LogP) is 3.15. The SMILES string of the molecule is O=C(COc1cc(Cl)ccc1Cl)NCC(c1ccco1)N1CCOCC1. The van der Waals surface area contributed by atoms with Gasteiger partial charge in [-0.2, -0.15) is 0 Å². The fourth-order valence-electron chi connectivity index (χ4n) is 2.77. The lowest BCUT2D eigenvalue weighted by atomic mass is 10.1. The average Bonchev–Trinajstić information content (AvgIpc) is 3.18. The van der Waals surface area contributed by atoms with E-state index in [1.165, 1.54) is 0 Å². The zero-order chi connectivity index (χ0) is 18.4. The molecule has 1 N–H and O–H groups in total. The molecule has 0 aliphatic carbocycles. The summed E-state index contributed by atoms with van der Waals surface area (Å²) in [5.74, 6) is 0.946. The highest BCUT2D eigenvalue weighted by atomic mass is 35.5. The second-order valence-corrected chi connectivity index (χ2v) is 6.69. The molecule has 1 aliphatic rings. The first-order valence-electron chi connectivity index (χ1n) is 8.33. The molecule has 8 heteroatoms. The Kier molecular flexibility index (Phi) is 6.80. The van der Waals surface area contributed by atoms with Gasteiger partial charge in [-0.25, -0.2) is 0 Å². The van der Waals surface area contributed by atoms with Gasteiger partial charge in [0, 0.05) is 30.7 Å². The highest BCUT2D eigenvalue weighted by Crippen LogP contribution is 2.27. The van der Waals surface area contributed by atoms with Crippen molar-refractivity contribution < 1.29 is 18.7 Å². The number of benzene rings is 1. The van der Waals surface area contributed by atoms with E-state index >= 15 is 0 Å². The normalized spacial score (nSPS) is 16.2. The van der Waals surface area contributed by atoms with Gasteiger partial charge in [-0.15, -0.1) is 0 Å². The van der Waals surface area contributed by atoms with Crippen LogP contribution in [0.15, 0.2) is 41.0 Å². The second kappa shape index (κ2) is 9.28. The van der Waals surface area contributed by atoms with E-state index in [0.29, 0.717) is 35.6 Å². The molecule has 26 heavy (non-hydrogen) atoms. The second-order valence-electron chi connectivity index (χ2n) is 5.85. The van der Waals surface area contributed by atoms with Crippen LogP contribution in [0.1, 0.15) is 11.8 Å². The van der Waals surface area contributed by atoms with Gasteiger partial charge in [0.05, 0.1) is 30.5 Å². The average molecular weight is 399 g/mol. The molecule has 1 atom stereocenters. The van der Waals surface area contributed by atoms with Gasteiger partial charge >= 0.3 is 0 Å². The van der Waals surface area contributed by atoms with Crippen LogP contribution in [0.3, 0.4) is 0 Å². The maximum absolute atomic E-state index is 12.2. The number of carbonyl (C=O) groups excluding carboxylic acids is 1. The molecule has 0 radical (unpaired) electrons. The van der Waals surface area contributed by atoms with Gasteiger partial charge in [-0.05, 0) is 24.3 Å². The van der Waals surface area contributed by atoms with Gasteiger partial charge in [0.25, 0.3) is 5.91 Å². The smallest absolute Gasteiger partial charge is 0.258 e. The largest absolute Gasteiger partial charge is 0.482 e. The van der Waals surface area contributed by atoms with Crippen molar-refractivity contribution in [2.24, 2.45) is 0 Å². The molecular weight excluding hydrogens is 379 g/mol. The first kappa shape index (κ1) is 19.0. The van der Waals surface area contributed by atoms with Crippen LogP contribution in [-0.2, 0) is 9.53 Å². The van der Waals surface area contributed by atoms with E-state index in [4.69, 9.17) is 37.1 Å². The molecule has 0 saturated carbocycles. The summed E-state index contributed by atoms with van der Waals surface area (Å²) in [7, 11) is 0. The van der Waals surface area contributed by atoms with Crippen LogP contribution in [0, 0.1) is 0 Å². The van der Waals surface area contributed by atoms with Crippen LogP contribution in [-0.4, -0.2) is 50.3 Å². The monoisotopic (exact) mass is 398 g/mol. The molecule has 3 rings (SSSR count). The highest BCUT2D eigenvalue weighted by Gasteiger charge is 2.25. The maximum atomic E-state index is 12.2. The van der Waals surface area contributed by atoms with Crippen molar-refractivity contribution in [3.63, 3.8) is 0 Å². The molecule has 1 aromatic carbocycles. The molecule has 2 aromatic rings. The third kappa shape index (κ3) is 5.14. The molecule has 1 aliphatic heterocycles. The molecule has 1 fully saturated rings. The van der Waals surface area contributed by atoms with E-state index in [0.717, 1.165) is 18.8 Å². The maximum Gasteiger partial charge on any atom is 0.258 e. The molecule has 1 unspecified atom stereocenters. The van der Waals surface area contributed by atoms with E-state index < -0.39 is 0 Å². The van der Waals surface area contributed by atoms with Gasteiger partial charge in [0.15, 0.2) is 6.61 Å². The number of amides is 1. The number of furan rings is 1. The molecule has 140 valence electrons. The first-order valence-corrected chi connectivity index (χ1v) is 9.09. The zero-order valence-corrected chi connectivity index (χ0v) is 15.6. The minimum atomic E-state index is -0.245. The lowest BCUT2D eigenvalue weighted by Gasteiger charge is -2.33. The van der Waals surface area contributed by atoms with E-state index in [-0.39, 0.29) is 18.6 Å². The molecule has 0 spiro atoms. The quantitative estimate of drug-likeness (QED) is 0.775. The molecule has 1 amide bonds. The fraction of sp³-hybridized carbons (Fsp3) is 0.389. The highest BCUT2D eigenvalue weighted by molar-refractivity contribution is 6.34. The number of hydrogen-bond donors (Lipinski definition) is 1. The Morgan fingerprint density at radius 2 is 2.08 bits per heavy atom. The van der Waals surface area contributed by atoms with E-state index in [1.807, 2.05) is 12.1 Å². The zero-order valence-electron chi connectivity index (χ0n) is 14.1. The van der Waals surface area contributed by atoms with Crippen molar-refractivity contribution in [2.75, 3.05) is 39.5 Å². The van der Waals surface area contributed by atoms with Gasteiger partial charge in [0.1, 0.15) is 11.5 Å². The van der Waals surface area contributed by atoms with Crippen molar-refractivity contribution in [1.29, 1.82) is 0 Å². The number of morpholine rings is 1. The van der Waals surface area contributed by atoms with Crippen LogP contribution in [0.2, 0.25) is 10.0 Å². The van der Waals surface area contributed by atoms with Crippen LogP contribution in [0.4, 0.5) is 0 Å². The summed E-state index contributed by atoms with van der Waals surface area (Å²) in [6, 6.07) is 8.57. The molecular formula is C18H20Cl2N2O4. The molecule has 0 bridgehead atoms. The minimum Gasteiger partial charge on any atom is -0.482 e. The number of halogens is 2. The number of nitrogens with one attached hydrogen (secondary N) is 1. The Hall–Kier alpha value is -1.73. The first-order chi connectivity index (χ1) is 12.6. The summed E-state index contributed by atoms with van der Waals surface area (Å²) < 4.78 is 16.4. The molecule has 1 aromatic heterocycles. The third-order valence-electron chi connectivity index (χ3n) is 4.10. The van der Waals surface area contributed by atoms with Gasteiger partial charge in [-0.1, -0.05) is 23.2 Å². The Bertz CT molecular complexity index is 718. The van der Waals surface area contributed by atoms with Crippen molar-refractivity contribution in [3.05, 3.63) is 52.4 Å². The number of carbonyl (C=O) groups is 1. The standard InChI is InChI=1S/C18H20Cl2N2O4/c19-13-3-4-14(20)17(10-13)26-12-18(23)21-11-15(16-2-1-7-25-16)22-5-8-24-9-6-22/h1-4,7,10,15H,5-6,8-9,11-12H2,(H,21,23). The van der Waals surface area contributed by atoms with E-state index in [1.54, 1.807) is 24.5 Å². The lowest BCUT2D eigenvalue weighted by molar-refractivity contribution is -0.123. The number of rotatable bonds is 7. The lowest BCUT2D eigenvalue weighted by Crippen LogP contribution is -2.44. The Balaban J connectivity index is 1.54. The van der Waals surface area contributed by atoms with Crippen molar-refractivity contribution in [2.45, 2.75) is 6.04 Å². The number of ether oxygens (including phenoxy) is 2. The van der Waals surface area contributed by atoms with Crippen LogP contribution in [0.25, 0.3) is 0 Å². The van der Waals surface area contributed by atoms with Crippen molar-refractivity contribution in [3.8, 4) is 5.75 Å². The summed E-state index contributed by atoms with van der Waals surface area (Å²) in [4.78, 5) is 14.4.